The highest BCUT2D eigenvalue weighted by Gasteiger charge is 2.34. The maximum absolute atomic E-state index is 12.9. The van der Waals surface area contributed by atoms with Crippen LogP contribution in [0.15, 0.2) is 59.5 Å². The molecule has 3 aromatic rings. The van der Waals surface area contributed by atoms with E-state index in [9.17, 15) is 14.7 Å². The van der Waals surface area contributed by atoms with E-state index in [0.29, 0.717) is 12.1 Å². The number of benzene rings is 2. The van der Waals surface area contributed by atoms with Crippen molar-refractivity contribution < 1.29 is 14.6 Å². The van der Waals surface area contributed by atoms with Crippen molar-refractivity contribution in [3.63, 3.8) is 0 Å². The van der Waals surface area contributed by atoms with E-state index in [4.69, 9.17) is 16.3 Å². The monoisotopic (exact) mass is 439 g/mol. The first-order chi connectivity index (χ1) is 14.9. The van der Waals surface area contributed by atoms with Crippen molar-refractivity contribution in [1.82, 2.24) is 9.78 Å². The van der Waals surface area contributed by atoms with Crippen LogP contribution in [0.2, 0.25) is 5.02 Å². The molecule has 0 aliphatic heterocycles. The second-order valence-corrected chi connectivity index (χ2v) is 7.87. The van der Waals surface area contributed by atoms with Crippen molar-refractivity contribution in [2.45, 2.75) is 24.9 Å². The van der Waals surface area contributed by atoms with Gasteiger partial charge in [-0.3, -0.25) is 4.79 Å². The number of hydrogen-bond acceptors (Lipinski definition) is 6. The molecule has 0 spiro atoms. The normalized spacial score (nSPS) is 17.6. The van der Waals surface area contributed by atoms with E-state index in [1.807, 2.05) is 24.3 Å². The van der Waals surface area contributed by atoms with Gasteiger partial charge in [-0.15, -0.1) is 0 Å². The topological polar surface area (TPSA) is 93.5 Å². The summed E-state index contributed by atoms with van der Waals surface area (Å²) in [5.74, 6) is -0.583. The van der Waals surface area contributed by atoms with Crippen molar-refractivity contribution in [3.8, 4) is 5.69 Å². The first kappa shape index (κ1) is 21.1. The van der Waals surface area contributed by atoms with Gasteiger partial charge >= 0.3 is 5.97 Å². The lowest BCUT2D eigenvalue weighted by molar-refractivity contribution is 0.0323. The van der Waals surface area contributed by atoms with Crippen LogP contribution in [0.4, 0.5) is 5.69 Å². The second-order valence-electron chi connectivity index (χ2n) is 7.49. The Morgan fingerprint density at radius 1 is 1.26 bits per heavy atom. The average molecular weight is 440 g/mol. The Morgan fingerprint density at radius 2 is 2.00 bits per heavy atom. The number of aliphatic hydroxyl groups is 1. The Kier molecular flexibility index (Phi) is 5.80. The van der Waals surface area contributed by atoms with Gasteiger partial charge in [0.2, 0.25) is 0 Å². The summed E-state index contributed by atoms with van der Waals surface area (Å²) in [6.07, 6.45) is 3.81. The number of nitrogens with one attached hydrogen (secondary N) is 1. The van der Waals surface area contributed by atoms with E-state index in [0.717, 1.165) is 28.7 Å². The fourth-order valence-electron chi connectivity index (χ4n) is 3.99. The SMILES string of the molecule is COC(=O)c1ccccc1-n1ncc(NCC2(O)CCCc3ccccc32)c(Cl)c1=O. The predicted molar refractivity (Wildman–Crippen MR) is 118 cm³/mol. The summed E-state index contributed by atoms with van der Waals surface area (Å²) in [6, 6.07) is 14.3. The Bertz CT molecular complexity index is 1190. The Morgan fingerprint density at radius 3 is 2.81 bits per heavy atom. The van der Waals surface area contributed by atoms with Crippen LogP contribution in [0, 0.1) is 0 Å². The lowest BCUT2D eigenvalue weighted by Gasteiger charge is -2.35. The number of aromatic nitrogens is 2. The van der Waals surface area contributed by atoms with Gasteiger partial charge in [0.15, 0.2) is 0 Å². The molecule has 0 amide bonds. The molecule has 0 bridgehead atoms. The molecule has 0 fully saturated rings. The number of methoxy groups -OCH3 is 1. The standard InChI is InChI=1S/C23H22ClN3O4/c1-31-22(29)16-9-3-5-11-19(16)27-21(28)20(24)18(13-26-27)25-14-23(30)12-6-8-15-7-2-4-10-17(15)23/h2-5,7,9-11,13,25,30H,6,8,12,14H2,1H3. The van der Waals surface area contributed by atoms with Crippen LogP contribution < -0.4 is 10.9 Å². The number of para-hydroxylation sites is 1. The van der Waals surface area contributed by atoms with Gasteiger partial charge in [-0.1, -0.05) is 48.0 Å². The third-order valence-corrected chi connectivity index (χ3v) is 5.95. The number of anilines is 1. The molecule has 0 radical (unpaired) electrons. The van der Waals surface area contributed by atoms with E-state index in [1.165, 1.54) is 13.3 Å². The molecule has 7 nitrogen and oxygen atoms in total. The van der Waals surface area contributed by atoms with Crippen molar-refractivity contribution in [2.75, 3.05) is 19.0 Å². The zero-order valence-electron chi connectivity index (χ0n) is 17.0. The van der Waals surface area contributed by atoms with Gasteiger partial charge in [0.1, 0.15) is 10.6 Å². The fraction of sp³-hybridized carbons (Fsp3) is 0.261. The van der Waals surface area contributed by atoms with Crippen LogP contribution in [-0.2, 0) is 16.8 Å². The molecule has 1 aliphatic rings. The molecule has 0 saturated carbocycles. The highest BCUT2D eigenvalue weighted by molar-refractivity contribution is 6.33. The van der Waals surface area contributed by atoms with E-state index in [2.05, 4.69) is 10.4 Å². The summed E-state index contributed by atoms with van der Waals surface area (Å²) in [7, 11) is 1.27. The van der Waals surface area contributed by atoms with E-state index < -0.39 is 17.1 Å². The molecule has 4 rings (SSSR count). The Balaban J connectivity index is 1.63. The van der Waals surface area contributed by atoms with E-state index in [-0.39, 0.29) is 22.8 Å². The number of fused-ring (bicyclic) bond motifs is 1. The van der Waals surface area contributed by atoms with Crippen LogP contribution in [0.3, 0.4) is 0 Å². The molecule has 1 unspecified atom stereocenters. The highest BCUT2D eigenvalue weighted by atomic mass is 35.5. The lowest BCUT2D eigenvalue weighted by atomic mass is 9.79. The largest absolute Gasteiger partial charge is 0.465 e. The number of esters is 1. The Hall–Kier alpha value is -3.16. The molecule has 1 atom stereocenters. The number of ether oxygens (including phenoxy) is 1. The van der Waals surface area contributed by atoms with E-state index in [1.54, 1.807) is 24.3 Å². The fourth-order valence-corrected chi connectivity index (χ4v) is 4.19. The first-order valence-electron chi connectivity index (χ1n) is 9.95. The van der Waals surface area contributed by atoms with Crippen LogP contribution in [0.5, 0.6) is 0 Å². The molecule has 2 N–H and O–H groups in total. The van der Waals surface area contributed by atoms with Gasteiger partial charge < -0.3 is 15.2 Å². The minimum atomic E-state index is -1.06. The summed E-state index contributed by atoms with van der Waals surface area (Å²) in [5.41, 5.74) is 1.14. The first-order valence-corrected chi connectivity index (χ1v) is 10.3. The Labute approximate surface area is 184 Å². The molecular formula is C23H22ClN3O4. The number of hydrogen-bond donors (Lipinski definition) is 2. The number of nitrogens with zero attached hydrogens (tertiary/aromatic N) is 2. The third-order valence-electron chi connectivity index (χ3n) is 5.58. The molecule has 0 saturated heterocycles. The average Bonchev–Trinajstić information content (AvgIpc) is 2.80. The highest BCUT2D eigenvalue weighted by Crippen LogP contribution is 2.35. The van der Waals surface area contributed by atoms with Gasteiger partial charge in [-0.2, -0.15) is 9.78 Å². The molecule has 1 aliphatic carbocycles. The molecular weight excluding hydrogens is 418 g/mol. The number of halogens is 1. The zero-order chi connectivity index (χ0) is 22.0. The number of carbonyl (C=O) groups excluding carboxylic acids is 1. The number of carbonyl (C=O) groups is 1. The van der Waals surface area contributed by atoms with Gasteiger partial charge in [0.25, 0.3) is 5.56 Å². The summed E-state index contributed by atoms with van der Waals surface area (Å²) in [6.45, 7) is 0.188. The molecule has 1 heterocycles. The van der Waals surface area contributed by atoms with Crippen LogP contribution in [-0.4, -0.2) is 34.5 Å². The second kappa shape index (κ2) is 8.53. The van der Waals surface area contributed by atoms with Crippen LogP contribution in [0.25, 0.3) is 5.69 Å². The number of rotatable bonds is 5. The predicted octanol–water partition coefficient (Wildman–Crippen LogP) is 3.31. The van der Waals surface area contributed by atoms with Crippen LogP contribution in [0.1, 0.15) is 34.3 Å². The van der Waals surface area contributed by atoms with E-state index >= 15 is 0 Å². The third kappa shape index (κ3) is 3.94. The number of aryl methyl sites for hydroxylation is 1. The molecule has 1 aromatic heterocycles. The van der Waals surface area contributed by atoms with Gasteiger partial charge in [0.05, 0.1) is 30.2 Å². The quantitative estimate of drug-likeness (QED) is 0.592. The van der Waals surface area contributed by atoms with Gasteiger partial charge in [0, 0.05) is 6.54 Å². The van der Waals surface area contributed by atoms with Gasteiger partial charge in [-0.25, -0.2) is 4.79 Å². The summed E-state index contributed by atoms with van der Waals surface area (Å²) < 4.78 is 5.84. The minimum absolute atomic E-state index is 0.0811. The van der Waals surface area contributed by atoms with Crippen molar-refractivity contribution >= 4 is 23.3 Å². The lowest BCUT2D eigenvalue weighted by Crippen LogP contribution is -2.38. The van der Waals surface area contributed by atoms with Crippen molar-refractivity contribution in [1.29, 1.82) is 0 Å². The van der Waals surface area contributed by atoms with Gasteiger partial charge in [-0.05, 0) is 42.5 Å². The van der Waals surface area contributed by atoms with Crippen LogP contribution >= 0.6 is 11.6 Å². The molecule has 2 aromatic carbocycles. The van der Waals surface area contributed by atoms with Crippen molar-refractivity contribution in [2.24, 2.45) is 0 Å². The maximum atomic E-state index is 12.9. The molecule has 160 valence electrons. The smallest absolute Gasteiger partial charge is 0.340 e. The maximum Gasteiger partial charge on any atom is 0.340 e. The summed E-state index contributed by atoms with van der Waals surface area (Å²) >= 11 is 6.34. The minimum Gasteiger partial charge on any atom is -0.465 e. The summed E-state index contributed by atoms with van der Waals surface area (Å²) in [5, 5.41) is 18.4. The molecule has 31 heavy (non-hydrogen) atoms. The summed E-state index contributed by atoms with van der Waals surface area (Å²) in [4.78, 5) is 24.9. The zero-order valence-corrected chi connectivity index (χ0v) is 17.7. The molecule has 8 heteroatoms. The van der Waals surface area contributed by atoms with Crippen molar-refractivity contribution in [3.05, 3.63) is 86.8 Å².